The Kier molecular flexibility index (Phi) is 4.85. The number of aliphatic hydroxyl groups is 1. The maximum Gasteiger partial charge on any atom is 0.239 e. The Bertz CT molecular complexity index is 368. The maximum absolute atomic E-state index is 12.7. The number of carbonyl (C=O) groups excluding carboxylic acids is 1. The normalized spacial score (nSPS) is 36.1. The molecule has 3 fully saturated rings. The number of carbonyl (C=O) groups is 1. The highest BCUT2D eigenvalue weighted by Gasteiger charge is 2.41. The van der Waals surface area contributed by atoms with Gasteiger partial charge in [-0.05, 0) is 58.4 Å². The summed E-state index contributed by atoms with van der Waals surface area (Å²) in [6.07, 6.45) is 8.98. The van der Waals surface area contributed by atoms with Crippen LogP contribution < -0.4 is 0 Å². The van der Waals surface area contributed by atoms with Gasteiger partial charge in [-0.3, -0.25) is 9.69 Å². The number of hydrogen-bond acceptors (Lipinski definition) is 3. The molecule has 0 aromatic heterocycles. The van der Waals surface area contributed by atoms with Gasteiger partial charge >= 0.3 is 0 Å². The molecule has 4 nitrogen and oxygen atoms in total. The van der Waals surface area contributed by atoms with Crippen molar-refractivity contribution in [3.8, 4) is 0 Å². The SMILES string of the molecule is CC(C(=O)N1CCCCC1)N1CCCC1C1CCCC1O. The number of rotatable bonds is 3. The van der Waals surface area contributed by atoms with E-state index in [-0.39, 0.29) is 12.1 Å². The highest BCUT2D eigenvalue weighted by atomic mass is 16.3. The Hall–Kier alpha value is -0.610. The minimum Gasteiger partial charge on any atom is -0.393 e. The molecule has 4 atom stereocenters. The van der Waals surface area contributed by atoms with E-state index in [4.69, 9.17) is 0 Å². The van der Waals surface area contributed by atoms with Crippen molar-refractivity contribution in [2.45, 2.75) is 76.5 Å². The van der Waals surface area contributed by atoms with Crippen molar-refractivity contribution in [3.05, 3.63) is 0 Å². The largest absolute Gasteiger partial charge is 0.393 e. The lowest BCUT2D eigenvalue weighted by Crippen LogP contribution is -2.52. The predicted molar refractivity (Wildman–Crippen MR) is 83.0 cm³/mol. The molecule has 3 rings (SSSR count). The first-order valence-electron chi connectivity index (χ1n) is 8.91. The minimum atomic E-state index is -0.145. The van der Waals surface area contributed by atoms with E-state index in [1.165, 1.54) is 12.8 Å². The molecule has 0 aromatic carbocycles. The zero-order valence-electron chi connectivity index (χ0n) is 13.3. The van der Waals surface area contributed by atoms with Crippen LogP contribution in [0.15, 0.2) is 0 Å². The summed E-state index contributed by atoms with van der Waals surface area (Å²) < 4.78 is 0. The molecule has 4 unspecified atom stereocenters. The molecular weight excluding hydrogens is 264 g/mol. The van der Waals surface area contributed by atoms with Crippen LogP contribution in [0.2, 0.25) is 0 Å². The van der Waals surface area contributed by atoms with E-state index in [1.54, 1.807) is 0 Å². The van der Waals surface area contributed by atoms with Gasteiger partial charge in [0.2, 0.25) is 5.91 Å². The second-order valence-electron chi connectivity index (χ2n) is 7.17. The summed E-state index contributed by atoms with van der Waals surface area (Å²) in [6.45, 7) is 4.98. The summed E-state index contributed by atoms with van der Waals surface area (Å²) in [4.78, 5) is 17.2. The molecule has 3 aliphatic rings. The smallest absolute Gasteiger partial charge is 0.239 e. The Balaban J connectivity index is 1.64. The first-order valence-corrected chi connectivity index (χ1v) is 8.91. The van der Waals surface area contributed by atoms with Gasteiger partial charge in [0.05, 0.1) is 12.1 Å². The fourth-order valence-corrected chi connectivity index (χ4v) is 4.69. The third-order valence-electron chi connectivity index (χ3n) is 5.89. The molecule has 0 bridgehead atoms. The molecule has 21 heavy (non-hydrogen) atoms. The quantitative estimate of drug-likeness (QED) is 0.866. The zero-order valence-corrected chi connectivity index (χ0v) is 13.3. The molecule has 4 heteroatoms. The summed E-state index contributed by atoms with van der Waals surface area (Å²) >= 11 is 0. The van der Waals surface area contributed by atoms with Crippen molar-refractivity contribution in [3.63, 3.8) is 0 Å². The van der Waals surface area contributed by atoms with Crippen LogP contribution in [0, 0.1) is 5.92 Å². The average Bonchev–Trinajstić information content (AvgIpc) is 3.14. The van der Waals surface area contributed by atoms with Crippen molar-refractivity contribution in [2.75, 3.05) is 19.6 Å². The molecule has 1 amide bonds. The fourth-order valence-electron chi connectivity index (χ4n) is 4.69. The Morgan fingerprint density at radius 1 is 1.00 bits per heavy atom. The molecule has 1 saturated carbocycles. The van der Waals surface area contributed by atoms with Gasteiger partial charge < -0.3 is 10.0 Å². The van der Waals surface area contributed by atoms with Crippen LogP contribution in [0.4, 0.5) is 0 Å². The van der Waals surface area contributed by atoms with Gasteiger partial charge in [-0.2, -0.15) is 0 Å². The highest BCUT2D eigenvalue weighted by Crippen LogP contribution is 2.36. The van der Waals surface area contributed by atoms with Crippen LogP contribution in [0.1, 0.15) is 58.3 Å². The van der Waals surface area contributed by atoms with Crippen LogP contribution in [-0.2, 0) is 4.79 Å². The molecular formula is C17H30N2O2. The predicted octanol–water partition coefficient (Wildman–Crippen LogP) is 2.01. The standard InChI is InChI=1S/C17H30N2O2/c1-13(17(21)18-10-3-2-4-11-18)19-12-6-8-15(19)14-7-5-9-16(14)20/h13-16,20H,2-12H2,1H3. The van der Waals surface area contributed by atoms with Gasteiger partial charge in [0.25, 0.3) is 0 Å². The molecule has 2 heterocycles. The van der Waals surface area contributed by atoms with Gasteiger partial charge in [-0.1, -0.05) is 6.42 Å². The lowest BCUT2D eigenvalue weighted by molar-refractivity contribution is -0.138. The van der Waals surface area contributed by atoms with Gasteiger partial charge in [0.1, 0.15) is 0 Å². The van der Waals surface area contributed by atoms with Crippen molar-refractivity contribution in [1.29, 1.82) is 0 Å². The summed E-state index contributed by atoms with van der Waals surface area (Å²) in [5.74, 6) is 0.707. The molecule has 0 spiro atoms. The summed E-state index contributed by atoms with van der Waals surface area (Å²) in [5.41, 5.74) is 0. The molecule has 0 aromatic rings. The summed E-state index contributed by atoms with van der Waals surface area (Å²) in [5, 5.41) is 10.2. The number of piperidine rings is 1. The number of hydrogen-bond donors (Lipinski definition) is 1. The lowest BCUT2D eigenvalue weighted by atomic mass is 9.93. The number of amides is 1. The van der Waals surface area contributed by atoms with Gasteiger partial charge in [0, 0.05) is 25.0 Å². The third kappa shape index (κ3) is 3.11. The Labute approximate surface area is 128 Å². The monoisotopic (exact) mass is 294 g/mol. The van der Waals surface area contributed by atoms with E-state index in [0.29, 0.717) is 17.9 Å². The van der Waals surface area contributed by atoms with Crippen LogP contribution in [0.3, 0.4) is 0 Å². The Morgan fingerprint density at radius 2 is 1.76 bits per heavy atom. The van der Waals surface area contributed by atoms with E-state index in [2.05, 4.69) is 16.7 Å². The molecule has 2 saturated heterocycles. The number of likely N-dealkylation sites (tertiary alicyclic amines) is 2. The van der Waals surface area contributed by atoms with E-state index >= 15 is 0 Å². The van der Waals surface area contributed by atoms with Gasteiger partial charge in [0.15, 0.2) is 0 Å². The summed E-state index contributed by atoms with van der Waals surface area (Å²) in [7, 11) is 0. The summed E-state index contributed by atoms with van der Waals surface area (Å²) in [6, 6.07) is 0.412. The minimum absolute atomic E-state index is 0.0107. The maximum atomic E-state index is 12.7. The zero-order chi connectivity index (χ0) is 14.8. The first-order chi connectivity index (χ1) is 10.2. The van der Waals surface area contributed by atoms with Crippen molar-refractivity contribution >= 4 is 5.91 Å². The molecule has 2 aliphatic heterocycles. The van der Waals surface area contributed by atoms with Gasteiger partial charge in [-0.25, -0.2) is 0 Å². The average molecular weight is 294 g/mol. The third-order valence-corrected chi connectivity index (χ3v) is 5.89. The van der Waals surface area contributed by atoms with E-state index in [9.17, 15) is 9.90 Å². The van der Waals surface area contributed by atoms with E-state index in [0.717, 1.165) is 58.2 Å². The first kappa shape index (κ1) is 15.3. The van der Waals surface area contributed by atoms with Gasteiger partial charge in [-0.15, -0.1) is 0 Å². The van der Waals surface area contributed by atoms with Crippen molar-refractivity contribution in [2.24, 2.45) is 5.92 Å². The van der Waals surface area contributed by atoms with E-state index in [1.807, 2.05) is 0 Å². The number of nitrogens with zero attached hydrogens (tertiary/aromatic N) is 2. The van der Waals surface area contributed by atoms with Crippen LogP contribution in [0.5, 0.6) is 0 Å². The Morgan fingerprint density at radius 3 is 2.43 bits per heavy atom. The highest BCUT2D eigenvalue weighted by molar-refractivity contribution is 5.81. The van der Waals surface area contributed by atoms with Crippen molar-refractivity contribution in [1.82, 2.24) is 9.80 Å². The molecule has 1 aliphatic carbocycles. The van der Waals surface area contributed by atoms with Crippen molar-refractivity contribution < 1.29 is 9.90 Å². The molecule has 0 radical (unpaired) electrons. The van der Waals surface area contributed by atoms with E-state index < -0.39 is 0 Å². The molecule has 1 N–H and O–H groups in total. The molecule has 120 valence electrons. The topological polar surface area (TPSA) is 43.8 Å². The second-order valence-corrected chi connectivity index (χ2v) is 7.17. The number of aliphatic hydroxyl groups excluding tert-OH is 1. The lowest BCUT2D eigenvalue weighted by Gasteiger charge is -2.38. The van der Waals surface area contributed by atoms with Crippen LogP contribution in [0.25, 0.3) is 0 Å². The van der Waals surface area contributed by atoms with Crippen LogP contribution >= 0.6 is 0 Å². The fraction of sp³-hybridized carbons (Fsp3) is 0.941. The van der Waals surface area contributed by atoms with Crippen LogP contribution in [-0.4, -0.2) is 58.6 Å². The second kappa shape index (κ2) is 6.66.